The number of carbonyl (C=O) groups is 1. The third kappa shape index (κ3) is 4.68. The van der Waals surface area contributed by atoms with Gasteiger partial charge in [-0.25, -0.2) is 4.98 Å². The fourth-order valence-electron chi connectivity index (χ4n) is 3.57. The van der Waals surface area contributed by atoms with Gasteiger partial charge < -0.3 is 10.4 Å². The van der Waals surface area contributed by atoms with E-state index in [-0.39, 0.29) is 6.54 Å². The fraction of sp³-hybridized carbons (Fsp3) is 0.524. The first-order chi connectivity index (χ1) is 13.9. The standard InChI is InChI=1S/C21H26F3N3O2S/c1-14-12-30-18(26-14)20(29,21(22,23)24)10-17(28)25-13-19(2,3)27-9-8-15-6-4-5-7-16(15)11-27/h4-7,12,29H,8-11,13H2,1-3H3,(H,25,28). The lowest BCUT2D eigenvalue weighted by Gasteiger charge is -2.41. The Labute approximate surface area is 177 Å². The van der Waals surface area contributed by atoms with Crippen molar-refractivity contribution in [1.29, 1.82) is 0 Å². The van der Waals surface area contributed by atoms with E-state index in [2.05, 4.69) is 27.3 Å². The van der Waals surface area contributed by atoms with Gasteiger partial charge in [0.1, 0.15) is 5.01 Å². The third-order valence-electron chi connectivity index (χ3n) is 5.56. The van der Waals surface area contributed by atoms with Crippen molar-refractivity contribution in [2.45, 2.75) is 57.5 Å². The molecule has 0 spiro atoms. The second-order valence-corrected chi connectivity index (χ2v) is 9.22. The minimum atomic E-state index is -5.01. The van der Waals surface area contributed by atoms with Crippen LogP contribution < -0.4 is 5.32 Å². The lowest BCUT2D eigenvalue weighted by atomic mass is 9.93. The monoisotopic (exact) mass is 441 g/mol. The number of aryl methyl sites for hydroxylation is 1. The molecule has 9 heteroatoms. The largest absolute Gasteiger partial charge is 0.424 e. The lowest BCUT2D eigenvalue weighted by molar-refractivity contribution is -0.267. The molecule has 1 amide bonds. The van der Waals surface area contributed by atoms with Gasteiger partial charge in [0.05, 0.1) is 6.42 Å². The van der Waals surface area contributed by atoms with Gasteiger partial charge >= 0.3 is 6.18 Å². The molecule has 2 heterocycles. The van der Waals surface area contributed by atoms with Crippen molar-refractivity contribution in [1.82, 2.24) is 15.2 Å². The molecule has 1 aliphatic rings. The van der Waals surface area contributed by atoms with Crippen molar-refractivity contribution in [2.24, 2.45) is 0 Å². The predicted octanol–water partition coefficient (Wildman–Crippen LogP) is 3.54. The van der Waals surface area contributed by atoms with E-state index in [1.54, 1.807) is 0 Å². The summed E-state index contributed by atoms with van der Waals surface area (Å²) < 4.78 is 40.8. The number of halogens is 3. The zero-order valence-electron chi connectivity index (χ0n) is 17.2. The van der Waals surface area contributed by atoms with Crippen LogP contribution in [0.5, 0.6) is 0 Å². The maximum absolute atomic E-state index is 13.6. The van der Waals surface area contributed by atoms with E-state index < -0.39 is 34.7 Å². The number of carbonyl (C=O) groups excluding carboxylic acids is 1. The van der Waals surface area contributed by atoms with Crippen LogP contribution in [0, 0.1) is 6.92 Å². The van der Waals surface area contributed by atoms with E-state index in [0.29, 0.717) is 23.6 Å². The Morgan fingerprint density at radius 3 is 2.53 bits per heavy atom. The predicted molar refractivity (Wildman–Crippen MR) is 109 cm³/mol. The number of aromatic nitrogens is 1. The van der Waals surface area contributed by atoms with Crippen molar-refractivity contribution in [2.75, 3.05) is 13.1 Å². The van der Waals surface area contributed by atoms with Crippen molar-refractivity contribution in [3.63, 3.8) is 0 Å². The quantitative estimate of drug-likeness (QED) is 0.720. The maximum atomic E-state index is 13.6. The Morgan fingerprint density at radius 1 is 1.27 bits per heavy atom. The average Bonchev–Trinajstić information content (AvgIpc) is 3.12. The number of hydrogen-bond acceptors (Lipinski definition) is 5. The number of thiazole rings is 1. The van der Waals surface area contributed by atoms with Crippen molar-refractivity contribution in [3.8, 4) is 0 Å². The number of hydrogen-bond donors (Lipinski definition) is 2. The minimum Gasteiger partial charge on any atom is -0.374 e. The summed E-state index contributed by atoms with van der Waals surface area (Å²) in [5, 5.41) is 13.8. The van der Waals surface area contributed by atoms with Crippen LogP contribution in [0.4, 0.5) is 13.2 Å². The van der Waals surface area contributed by atoms with Gasteiger partial charge in [0.25, 0.3) is 0 Å². The second-order valence-electron chi connectivity index (χ2n) is 8.36. The molecule has 1 aromatic carbocycles. The number of aliphatic hydroxyl groups is 1. The Bertz CT molecular complexity index is 913. The van der Waals surface area contributed by atoms with Crippen molar-refractivity contribution in [3.05, 3.63) is 51.5 Å². The van der Waals surface area contributed by atoms with Crippen LogP contribution in [0.25, 0.3) is 0 Å². The second kappa shape index (κ2) is 8.28. The van der Waals surface area contributed by atoms with Crippen LogP contribution in [-0.4, -0.2) is 45.7 Å². The molecule has 1 atom stereocenters. The van der Waals surface area contributed by atoms with Crippen molar-refractivity contribution < 1.29 is 23.1 Å². The first-order valence-electron chi connectivity index (χ1n) is 9.73. The summed E-state index contributed by atoms with van der Waals surface area (Å²) in [5.74, 6) is -0.867. The van der Waals surface area contributed by atoms with Gasteiger partial charge in [0, 0.05) is 36.2 Å². The molecular weight excluding hydrogens is 415 g/mol. The summed E-state index contributed by atoms with van der Waals surface area (Å²) in [6.45, 7) is 7.10. The Kier molecular flexibility index (Phi) is 6.27. The van der Waals surface area contributed by atoms with Crippen LogP contribution in [-0.2, 0) is 23.4 Å². The molecule has 1 aromatic heterocycles. The highest BCUT2D eigenvalue weighted by Crippen LogP contribution is 2.42. The molecule has 0 fully saturated rings. The summed E-state index contributed by atoms with van der Waals surface area (Å²) in [5.41, 5.74) is -0.887. The van der Waals surface area contributed by atoms with Crippen molar-refractivity contribution >= 4 is 17.2 Å². The summed E-state index contributed by atoms with van der Waals surface area (Å²) in [6, 6.07) is 8.15. The van der Waals surface area contributed by atoms with Gasteiger partial charge in [0.15, 0.2) is 0 Å². The topological polar surface area (TPSA) is 65.5 Å². The summed E-state index contributed by atoms with van der Waals surface area (Å²) in [6.07, 6.45) is -5.26. The number of rotatable bonds is 6. The molecule has 1 unspecified atom stereocenters. The average molecular weight is 442 g/mol. The van der Waals surface area contributed by atoms with Gasteiger partial charge in [-0.3, -0.25) is 9.69 Å². The van der Waals surface area contributed by atoms with Gasteiger partial charge in [-0.05, 0) is 38.3 Å². The molecule has 0 aliphatic carbocycles. The zero-order chi connectivity index (χ0) is 22.2. The normalized spacial score (nSPS) is 17.3. The van der Waals surface area contributed by atoms with Gasteiger partial charge in [0.2, 0.25) is 11.5 Å². The molecule has 30 heavy (non-hydrogen) atoms. The fourth-order valence-corrected chi connectivity index (χ4v) is 4.49. The number of fused-ring (bicyclic) bond motifs is 1. The number of alkyl halides is 3. The summed E-state index contributed by atoms with van der Waals surface area (Å²) in [7, 11) is 0. The zero-order valence-corrected chi connectivity index (χ0v) is 18.0. The van der Waals surface area contributed by atoms with E-state index in [9.17, 15) is 23.1 Å². The Morgan fingerprint density at radius 2 is 1.93 bits per heavy atom. The van der Waals surface area contributed by atoms with E-state index in [1.807, 2.05) is 26.0 Å². The van der Waals surface area contributed by atoms with E-state index in [4.69, 9.17) is 0 Å². The SMILES string of the molecule is Cc1csc(C(O)(CC(=O)NCC(C)(C)N2CCc3ccccc3C2)C(F)(F)F)n1. The van der Waals surface area contributed by atoms with Gasteiger partial charge in [-0.1, -0.05) is 24.3 Å². The molecular formula is C21H26F3N3O2S. The Hall–Kier alpha value is -1.97. The molecule has 164 valence electrons. The highest BCUT2D eigenvalue weighted by Gasteiger charge is 2.58. The molecule has 0 saturated carbocycles. The van der Waals surface area contributed by atoms with Crippen LogP contribution in [0.1, 0.15) is 42.1 Å². The summed E-state index contributed by atoms with van der Waals surface area (Å²) in [4.78, 5) is 18.4. The molecule has 0 radical (unpaired) electrons. The number of nitrogens with one attached hydrogen (secondary N) is 1. The Balaban J connectivity index is 1.65. The number of nitrogens with zero attached hydrogens (tertiary/aromatic N) is 2. The molecule has 1 aliphatic heterocycles. The van der Waals surface area contributed by atoms with E-state index in [1.165, 1.54) is 23.4 Å². The van der Waals surface area contributed by atoms with E-state index in [0.717, 1.165) is 13.0 Å². The molecule has 0 saturated heterocycles. The number of benzene rings is 1. The first kappa shape index (κ1) is 22.7. The molecule has 5 nitrogen and oxygen atoms in total. The highest BCUT2D eigenvalue weighted by molar-refractivity contribution is 7.09. The third-order valence-corrected chi connectivity index (χ3v) is 6.67. The first-order valence-corrected chi connectivity index (χ1v) is 10.6. The molecule has 0 bridgehead atoms. The summed E-state index contributed by atoms with van der Waals surface area (Å²) >= 11 is 0.696. The van der Waals surface area contributed by atoms with Crippen LogP contribution >= 0.6 is 11.3 Å². The molecule has 3 rings (SSSR count). The smallest absolute Gasteiger partial charge is 0.374 e. The van der Waals surface area contributed by atoms with Crippen LogP contribution in [0.3, 0.4) is 0 Å². The number of amides is 1. The van der Waals surface area contributed by atoms with Crippen LogP contribution in [0.15, 0.2) is 29.6 Å². The minimum absolute atomic E-state index is 0.166. The maximum Gasteiger partial charge on any atom is 0.424 e. The molecule has 2 aromatic rings. The highest BCUT2D eigenvalue weighted by atomic mass is 32.1. The van der Waals surface area contributed by atoms with Crippen LogP contribution in [0.2, 0.25) is 0 Å². The lowest BCUT2D eigenvalue weighted by Crippen LogP contribution is -2.54. The van der Waals surface area contributed by atoms with Gasteiger partial charge in [-0.15, -0.1) is 11.3 Å². The molecule has 2 N–H and O–H groups in total. The van der Waals surface area contributed by atoms with E-state index >= 15 is 0 Å². The van der Waals surface area contributed by atoms with Gasteiger partial charge in [-0.2, -0.15) is 13.2 Å².